The van der Waals surface area contributed by atoms with E-state index < -0.39 is 46.7 Å². The number of anilines is 4. The number of hydrogen-bond acceptors (Lipinski definition) is 20. The summed E-state index contributed by atoms with van der Waals surface area (Å²) in [4.78, 5) is 16.1. The quantitative estimate of drug-likeness (QED) is 0.0132. The van der Waals surface area contributed by atoms with Crippen molar-refractivity contribution in [1.82, 2.24) is 20.3 Å². The molecule has 59 heavy (non-hydrogen) atoms. The Morgan fingerprint density at radius 3 is 2.19 bits per heavy atom. The molecule has 0 amide bonds. The van der Waals surface area contributed by atoms with Gasteiger partial charge in [0, 0.05) is 40.0 Å². The van der Waals surface area contributed by atoms with Crippen LogP contribution in [0, 0.1) is 11.4 Å². The molecule has 0 fully saturated rings. The largest absolute Gasteiger partial charge is 0.505 e. The number of sulfone groups is 1. The molecule has 314 valence electrons. The van der Waals surface area contributed by atoms with E-state index in [4.69, 9.17) is 26.0 Å². The van der Waals surface area contributed by atoms with Gasteiger partial charge in [0.1, 0.15) is 22.0 Å². The highest BCUT2D eigenvalue weighted by molar-refractivity contribution is 8.04. The second-order valence-corrected chi connectivity index (χ2v) is 16.9. The van der Waals surface area contributed by atoms with E-state index in [2.05, 4.69) is 55.6 Å². The molecule has 22 nitrogen and oxygen atoms in total. The monoisotopic (exact) mass is 914 g/mol. The third-order valence-electron chi connectivity index (χ3n) is 7.28. The van der Waals surface area contributed by atoms with E-state index in [1.807, 2.05) is 6.11 Å². The number of rotatable bonds is 17. The van der Waals surface area contributed by atoms with Crippen LogP contribution in [0.5, 0.6) is 11.5 Å². The van der Waals surface area contributed by atoms with Crippen molar-refractivity contribution in [2.24, 2.45) is 10.2 Å². The van der Waals surface area contributed by atoms with Crippen molar-refractivity contribution >= 4 is 99.1 Å². The van der Waals surface area contributed by atoms with E-state index in [-0.39, 0.29) is 75.2 Å². The molecule has 0 atom stereocenters. The molecular weight excluding hydrogens is 884 g/mol. The Morgan fingerprint density at radius 2 is 1.54 bits per heavy atom. The lowest BCUT2D eigenvalue weighted by molar-refractivity contribution is -0.135. The van der Waals surface area contributed by atoms with Gasteiger partial charge in [-0.2, -0.15) is 31.8 Å². The number of aliphatic hydroxyl groups excluding tert-OH is 1. The second kappa shape index (κ2) is 20.0. The molecule has 1 heterocycles. The molecule has 0 radical (unpaired) electrons. The number of nitrogens with one attached hydrogen (secondary N) is 3. The van der Waals surface area contributed by atoms with Gasteiger partial charge in [-0.3, -0.25) is 14.0 Å². The van der Waals surface area contributed by atoms with Crippen molar-refractivity contribution in [2.75, 3.05) is 43.2 Å². The number of hydrogen-bond donors (Lipinski definition) is 7. The first-order valence-electron chi connectivity index (χ1n) is 15.9. The molecule has 0 aliphatic heterocycles. The molecule has 27 heteroatoms. The van der Waals surface area contributed by atoms with Gasteiger partial charge in [0.05, 0.1) is 24.4 Å². The zero-order chi connectivity index (χ0) is 42.1. The van der Waals surface area contributed by atoms with Crippen LogP contribution in [-0.4, -0.2) is 97.6 Å². The molecule has 5 rings (SSSR count). The van der Waals surface area contributed by atoms with Crippen LogP contribution in [0.4, 0.5) is 34.6 Å². The van der Waals surface area contributed by atoms with Crippen molar-refractivity contribution in [2.45, 2.75) is 14.7 Å². The lowest BCUT2D eigenvalue weighted by Gasteiger charge is -2.12. The van der Waals surface area contributed by atoms with Crippen LogP contribution in [0.25, 0.3) is 10.8 Å². The first-order valence-corrected chi connectivity index (χ1v) is 21.6. The third kappa shape index (κ3) is 13.0. The number of nitrogens with zero attached hydrogens (tertiary/aromatic N) is 5. The minimum Gasteiger partial charge on any atom is -0.505 e. The normalized spacial score (nSPS) is 11.7. The smallest absolute Gasteiger partial charge is 0.433 e. The number of fused-ring (bicyclic) bond motifs is 1. The Hall–Kier alpha value is -5.44. The minimum atomic E-state index is -5.03. The number of phenols is 1. The number of ether oxygens (including phenoxy) is 1. The Labute approximate surface area is 344 Å². The average molecular weight is 915 g/mol. The Morgan fingerprint density at radius 1 is 0.864 bits per heavy atom. The zero-order valence-corrected chi connectivity index (χ0v) is 33.9. The predicted octanol–water partition coefficient (Wildman–Crippen LogP) is 3.83. The van der Waals surface area contributed by atoms with Crippen LogP contribution in [0.1, 0.15) is 0 Å². The summed E-state index contributed by atoms with van der Waals surface area (Å²) in [5.74, 6) is -0.930. The maximum Gasteiger partial charge on any atom is 0.433 e. The van der Waals surface area contributed by atoms with Crippen molar-refractivity contribution < 1.29 is 64.0 Å². The summed E-state index contributed by atoms with van der Waals surface area (Å²) in [6.07, 6.45) is 1.93. The molecule has 0 spiro atoms. The molecule has 4 aromatic carbocycles. The number of methoxy groups -OCH3 is 1. The van der Waals surface area contributed by atoms with Crippen molar-refractivity contribution in [3.05, 3.63) is 72.0 Å². The van der Waals surface area contributed by atoms with Crippen LogP contribution >= 0.6 is 23.4 Å². The first kappa shape index (κ1) is 46.3. The number of aliphatic hydroxyl groups is 1. The van der Waals surface area contributed by atoms with E-state index in [9.17, 15) is 34.9 Å². The van der Waals surface area contributed by atoms with Gasteiger partial charge >= 0.3 is 10.4 Å². The van der Waals surface area contributed by atoms with E-state index >= 15 is 0 Å². The summed E-state index contributed by atoms with van der Waals surface area (Å²) >= 11 is 7.10. The fraction of sp³-hybridized carbons (Fsp3) is 0.156. The Balaban J connectivity index is 0.00000769. The predicted molar refractivity (Wildman–Crippen MR) is 213 cm³/mol. The van der Waals surface area contributed by atoms with E-state index in [0.717, 1.165) is 23.9 Å². The molecule has 0 unspecified atom stereocenters. The molecule has 0 aliphatic carbocycles. The Kier molecular flexibility index (Phi) is 15.7. The minimum absolute atomic E-state index is 0. The molecule has 5 aromatic rings. The number of benzene rings is 4. The summed E-state index contributed by atoms with van der Waals surface area (Å²) < 4.78 is 99.3. The number of aromatic nitrogens is 3. The standard InChI is InChI=1S/C32H29ClN8O13S4.H2O/c1-52-26-9-7-23(56(44,45)15-11-34-10-12-42)18-25(26)40-41-28-27(57(46,47)48)17-19-16-21(4-8-24(19)29(28)43)36-32-38-30(33)37-31(39-32)35-20-2-5-22(6-3-20)55-14-13-53-54-58(49,50)51;/h2-9,16-18,34,42-43H,10-12,15H2,1H3,(H,46,47,48)(H,49,50,51)(H2,35,36,37,38,39);1H2. The highest BCUT2D eigenvalue weighted by Crippen LogP contribution is 2.43. The number of aromatic hydroxyl groups is 1. The molecular formula is C32H31ClN8O14S4. The lowest BCUT2D eigenvalue weighted by atomic mass is 10.1. The maximum absolute atomic E-state index is 12.9. The summed E-state index contributed by atoms with van der Waals surface area (Å²) in [5, 5.41) is 39.1. The first-order chi connectivity index (χ1) is 27.5. The summed E-state index contributed by atoms with van der Waals surface area (Å²) in [6.45, 7) is 0.0923. The number of azo groups is 1. The second-order valence-electron chi connectivity index (χ2n) is 11.2. The van der Waals surface area contributed by atoms with Gasteiger partial charge in [0.15, 0.2) is 21.7 Å². The number of halogens is 1. The van der Waals surface area contributed by atoms with Gasteiger partial charge in [-0.05, 0) is 99.8 Å². The molecule has 9 N–H and O–H groups in total. The lowest BCUT2D eigenvalue weighted by Crippen LogP contribution is -2.25. The van der Waals surface area contributed by atoms with Crippen LogP contribution in [0.2, 0.25) is 5.28 Å². The molecule has 1 aromatic heterocycles. The third-order valence-corrected chi connectivity index (χ3v) is 11.0. The highest BCUT2D eigenvalue weighted by atomic mass is 35.5. The van der Waals surface area contributed by atoms with Gasteiger partial charge in [0.25, 0.3) is 10.1 Å². The Bertz CT molecular complexity index is 2750. The topological polar surface area (TPSA) is 342 Å². The number of thioether (sulfide) groups is 1. The van der Waals surface area contributed by atoms with E-state index in [1.54, 1.807) is 24.3 Å². The SMILES string of the molecule is COc1ccc(S(=O)(=O)CCNCCO)cc1N=Nc1c(S(=O)(=O)O)cc2cc(Nc3nc(Cl)nc(Nc4ccc(SC#COOS(=O)(=O)O)cc4)n3)ccc2c1O.O. The van der Waals surface area contributed by atoms with Gasteiger partial charge in [-0.25, -0.2) is 8.42 Å². The van der Waals surface area contributed by atoms with Gasteiger partial charge in [0.2, 0.25) is 17.2 Å². The number of phenolic OH excluding ortho intramolecular Hbond substituents is 1. The zero-order valence-electron chi connectivity index (χ0n) is 29.9. The molecule has 0 bridgehead atoms. The van der Waals surface area contributed by atoms with Crippen LogP contribution in [0.15, 0.2) is 91.6 Å². The molecule has 0 saturated carbocycles. The van der Waals surface area contributed by atoms with E-state index in [1.165, 1.54) is 37.4 Å². The summed E-state index contributed by atoms with van der Waals surface area (Å²) in [7, 11) is -12.4. The average Bonchev–Trinajstić information content (AvgIpc) is 3.15. The highest BCUT2D eigenvalue weighted by Gasteiger charge is 2.23. The van der Waals surface area contributed by atoms with Gasteiger partial charge in [-0.1, -0.05) is 0 Å². The van der Waals surface area contributed by atoms with Crippen LogP contribution < -0.4 is 20.7 Å². The van der Waals surface area contributed by atoms with Crippen LogP contribution in [0.3, 0.4) is 0 Å². The van der Waals surface area contributed by atoms with Crippen molar-refractivity contribution in [3.8, 4) is 22.9 Å². The fourth-order valence-corrected chi connectivity index (χ4v) is 7.40. The maximum atomic E-state index is 12.9. The van der Waals surface area contributed by atoms with Crippen LogP contribution in [-0.2, 0) is 39.6 Å². The molecule has 0 aliphatic rings. The van der Waals surface area contributed by atoms with Gasteiger partial charge < -0.3 is 36.4 Å². The fourth-order valence-electron chi connectivity index (χ4n) is 4.78. The van der Waals surface area contributed by atoms with Crippen molar-refractivity contribution in [3.63, 3.8) is 0 Å². The van der Waals surface area contributed by atoms with E-state index in [0.29, 0.717) is 16.3 Å². The van der Waals surface area contributed by atoms with Crippen molar-refractivity contribution in [1.29, 1.82) is 0 Å². The molecule has 0 saturated heterocycles. The summed E-state index contributed by atoms with van der Waals surface area (Å²) in [5.41, 5.74) is 0.0392. The van der Waals surface area contributed by atoms with Gasteiger partial charge in [-0.15, -0.1) is 10.2 Å². The summed E-state index contributed by atoms with van der Waals surface area (Å²) in [6, 6.07) is 15.7.